The largest absolute Gasteiger partial charge is 0.379 e. The molecule has 0 N–H and O–H groups in total. The number of carbonyl (C=O) groups is 2. The highest BCUT2D eigenvalue weighted by Gasteiger charge is 2.25. The van der Waals surface area contributed by atoms with Crippen molar-refractivity contribution in [2.24, 2.45) is 0 Å². The van der Waals surface area contributed by atoms with E-state index in [4.69, 9.17) is 4.74 Å². The number of piperazine rings is 1. The maximum absolute atomic E-state index is 12.6. The van der Waals surface area contributed by atoms with E-state index in [-0.39, 0.29) is 24.0 Å². The molecule has 2 aliphatic heterocycles. The first kappa shape index (κ1) is 21.2. The molecule has 0 aromatic heterocycles. The summed E-state index contributed by atoms with van der Waals surface area (Å²) < 4.78 is 5.31. The van der Waals surface area contributed by atoms with Gasteiger partial charge in [-0.15, -0.1) is 0 Å². The van der Waals surface area contributed by atoms with Crippen molar-refractivity contribution in [2.75, 3.05) is 77.5 Å². The highest BCUT2D eigenvalue weighted by molar-refractivity contribution is 5.94. The molecular formula is C19H27N5O5. The Morgan fingerprint density at radius 2 is 1.59 bits per heavy atom. The molecule has 2 aliphatic rings. The van der Waals surface area contributed by atoms with Crippen LogP contribution in [0, 0.1) is 10.1 Å². The van der Waals surface area contributed by atoms with Gasteiger partial charge in [0.25, 0.3) is 5.69 Å². The number of rotatable bonds is 6. The van der Waals surface area contributed by atoms with Crippen molar-refractivity contribution in [3.63, 3.8) is 0 Å². The Morgan fingerprint density at radius 1 is 1.00 bits per heavy atom. The lowest BCUT2D eigenvalue weighted by Gasteiger charge is -2.36. The molecule has 2 fully saturated rings. The van der Waals surface area contributed by atoms with Crippen molar-refractivity contribution in [3.8, 4) is 0 Å². The summed E-state index contributed by atoms with van der Waals surface area (Å²) in [6.45, 7) is 6.10. The minimum atomic E-state index is -0.467. The standard InChI is InChI=1S/C19H27N5O5/c1-20(16-2-4-17(5-3-16)24(27)28)18(25)14-21-6-8-23(9-7-21)19(26)15-22-10-12-29-13-11-22/h2-5H,6-15H2,1H3. The van der Waals surface area contributed by atoms with Gasteiger partial charge < -0.3 is 14.5 Å². The first-order valence-electron chi connectivity index (χ1n) is 9.75. The fourth-order valence-corrected chi connectivity index (χ4v) is 3.45. The lowest BCUT2D eigenvalue weighted by atomic mass is 10.2. The number of nitro groups is 1. The average Bonchev–Trinajstić information content (AvgIpc) is 2.74. The Balaban J connectivity index is 1.44. The molecule has 1 aromatic carbocycles. The molecule has 0 unspecified atom stereocenters. The fourth-order valence-electron chi connectivity index (χ4n) is 3.45. The van der Waals surface area contributed by atoms with Gasteiger partial charge in [-0.25, -0.2) is 0 Å². The van der Waals surface area contributed by atoms with Crippen LogP contribution in [0.4, 0.5) is 11.4 Å². The van der Waals surface area contributed by atoms with E-state index in [2.05, 4.69) is 4.90 Å². The zero-order valence-electron chi connectivity index (χ0n) is 16.7. The summed E-state index contributed by atoms with van der Waals surface area (Å²) in [5, 5.41) is 10.7. The van der Waals surface area contributed by atoms with E-state index in [0.717, 1.165) is 13.1 Å². The lowest BCUT2D eigenvalue weighted by Crippen LogP contribution is -2.53. The van der Waals surface area contributed by atoms with Gasteiger partial charge in [0.1, 0.15) is 0 Å². The number of benzene rings is 1. The monoisotopic (exact) mass is 405 g/mol. The lowest BCUT2D eigenvalue weighted by molar-refractivity contribution is -0.384. The van der Waals surface area contributed by atoms with Crippen molar-refractivity contribution in [3.05, 3.63) is 34.4 Å². The molecule has 0 saturated carbocycles. The van der Waals surface area contributed by atoms with Crippen molar-refractivity contribution >= 4 is 23.2 Å². The molecule has 10 nitrogen and oxygen atoms in total. The number of ether oxygens (including phenoxy) is 1. The maximum atomic E-state index is 12.6. The Labute approximate surface area is 169 Å². The average molecular weight is 405 g/mol. The minimum absolute atomic E-state index is 0.00697. The first-order chi connectivity index (χ1) is 13.9. The van der Waals surface area contributed by atoms with Gasteiger partial charge in [0.05, 0.1) is 31.2 Å². The van der Waals surface area contributed by atoms with Crippen molar-refractivity contribution < 1.29 is 19.2 Å². The third kappa shape index (κ3) is 5.72. The zero-order valence-corrected chi connectivity index (χ0v) is 16.7. The highest BCUT2D eigenvalue weighted by atomic mass is 16.6. The Kier molecular flexibility index (Phi) is 7.13. The van der Waals surface area contributed by atoms with Crippen LogP contribution in [0.2, 0.25) is 0 Å². The van der Waals surface area contributed by atoms with Crippen LogP contribution < -0.4 is 4.90 Å². The number of carbonyl (C=O) groups excluding carboxylic acids is 2. The number of non-ortho nitro benzene ring substituents is 1. The van der Waals surface area contributed by atoms with Gasteiger partial charge in [-0.05, 0) is 12.1 Å². The molecule has 3 rings (SSSR count). The Hall–Kier alpha value is -2.56. The first-order valence-corrected chi connectivity index (χ1v) is 9.75. The number of hydrogen-bond donors (Lipinski definition) is 0. The maximum Gasteiger partial charge on any atom is 0.269 e. The Bertz CT molecular complexity index is 727. The summed E-state index contributed by atoms with van der Waals surface area (Å²) in [6.07, 6.45) is 0. The topological polar surface area (TPSA) is 99.5 Å². The number of amides is 2. The number of nitro benzene ring substituents is 1. The van der Waals surface area contributed by atoms with E-state index in [1.165, 1.54) is 17.0 Å². The molecule has 2 heterocycles. The van der Waals surface area contributed by atoms with Gasteiger partial charge in [0, 0.05) is 64.1 Å². The van der Waals surface area contributed by atoms with Crippen LogP contribution in [0.25, 0.3) is 0 Å². The van der Waals surface area contributed by atoms with Crippen LogP contribution in [-0.2, 0) is 14.3 Å². The van der Waals surface area contributed by atoms with Gasteiger partial charge in [0.15, 0.2) is 0 Å². The fraction of sp³-hybridized carbons (Fsp3) is 0.579. The van der Waals surface area contributed by atoms with E-state index < -0.39 is 4.92 Å². The van der Waals surface area contributed by atoms with Gasteiger partial charge >= 0.3 is 0 Å². The minimum Gasteiger partial charge on any atom is -0.379 e. The molecule has 2 saturated heterocycles. The molecule has 0 atom stereocenters. The van der Waals surface area contributed by atoms with E-state index in [9.17, 15) is 19.7 Å². The van der Waals surface area contributed by atoms with Gasteiger partial charge in [0.2, 0.25) is 11.8 Å². The third-order valence-corrected chi connectivity index (χ3v) is 5.37. The third-order valence-electron chi connectivity index (χ3n) is 5.37. The van der Waals surface area contributed by atoms with Crippen LogP contribution in [0.5, 0.6) is 0 Å². The molecule has 2 amide bonds. The number of likely N-dealkylation sites (N-methyl/N-ethyl adjacent to an activating group) is 1. The summed E-state index contributed by atoms with van der Waals surface area (Å²) in [7, 11) is 1.66. The summed E-state index contributed by atoms with van der Waals surface area (Å²) in [4.78, 5) is 42.8. The molecule has 158 valence electrons. The smallest absolute Gasteiger partial charge is 0.269 e. The van der Waals surface area contributed by atoms with Crippen molar-refractivity contribution in [2.45, 2.75) is 0 Å². The van der Waals surface area contributed by atoms with E-state index in [1.54, 1.807) is 19.2 Å². The number of morpholine rings is 1. The van der Waals surface area contributed by atoms with Crippen LogP contribution in [-0.4, -0.2) is 104 Å². The Morgan fingerprint density at radius 3 is 2.17 bits per heavy atom. The van der Waals surface area contributed by atoms with Crippen LogP contribution in [0.3, 0.4) is 0 Å². The molecule has 29 heavy (non-hydrogen) atoms. The number of nitrogens with zero attached hydrogens (tertiary/aromatic N) is 5. The van der Waals surface area contributed by atoms with E-state index >= 15 is 0 Å². The quantitative estimate of drug-likeness (QED) is 0.486. The molecule has 0 radical (unpaired) electrons. The summed E-state index contributed by atoms with van der Waals surface area (Å²) >= 11 is 0. The second kappa shape index (κ2) is 9.77. The molecule has 0 spiro atoms. The number of anilines is 1. The second-order valence-electron chi connectivity index (χ2n) is 7.27. The molecule has 0 aliphatic carbocycles. The molecule has 10 heteroatoms. The van der Waals surface area contributed by atoms with Crippen LogP contribution in [0.1, 0.15) is 0 Å². The predicted octanol–water partition coefficient (Wildman–Crippen LogP) is 0.0340. The molecular weight excluding hydrogens is 378 g/mol. The van der Waals surface area contributed by atoms with Crippen LogP contribution >= 0.6 is 0 Å². The normalized spacial score (nSPS) is 18.4. The SMILES string of the molecule is CN(C(=O)CN1CCN(C(=O)CN2CCOCC2)CC1)c1ccc([N+](=O)[O-])cc1. The highest BCUT2D eigenvalue weighted by Crippen LogP contribution is 2.18. The van der Waals surface area contributed by atoms with Gasteiger partial charge in [-0.1, -0.05) is 0 Å². The van der Waals surface area contributed by atoms with Crippen LogP contribution in [0.15, 0.2) is 24.3 Å². The molecule has 1 aromatic rings. The van der Waals surface area contributed by atoms with E-state index in [0.29, 0.717) is 51.6 Å². The zero-order chi connectivity index (χ0) is 20.8. The van der Waals surface area contributed by atoms with Crippen molar-refractivity contribution in [1.29, 1.82) is 0 Å². The second-order valence-corrected chi connectivity index (χ2v) is 7.27. The summed E-state index contributed by atoms with van der Waals surface area (Å²) in [5.74, 6) is 0.0350. The van der Waals surface area contributed by atoms with Gasteiger partial charge in [-0.3, -0.25) is 29.5 Å². The van der Waals surface area contributed by atoms with Gasteiger partial charge in [-0.2, -0.15) is 0 Å². The molecule has 0 bridgehead atoms. The number of hydrogen-bond acceptors (Lipinski definition) is 7. The van der Waals surface area contributed by atoms with Crippen molar-refractivity contribution in [1.82, 2.24) is 14.7 Å². The van der Waals surface area contributed by atoms with E-state index in [1.807, 2.05) is 9.80 Å². The summed E-state index contributed by atoms with van der Waals surface area (Å²) in [6, 6.07) is 5.91. The summed E-state index contributed by atoms with van der Waals surface area (Å²) in [5.41, 5.74) is 0.604. The predicted molar refractivity (Wildman–Crippen MR) is 107 cm³/mol.